The summed E-state index contributed by atoms with van der Waals surface area (Å²) in [6.45, 7) is 1.27. The van der Waals surface area contributed by atoms with Crippen LogP contribution in [0.2, 0.25) is 0 Å². The summed E-state index contributed by atoms with van der Waals surface area (Å²) in [7, 11) is 0. The van der Waals surface area contributed by atoms with Gasteiger partial charge in [-0.05, 0) is 18.8 Å². The minimum atomic E-state index is -0.391. The topological polar surface area (TPSA) is 101 Å². The van der Waals surface area contributed by atoms with Gasteiger partial charge in [-0.1, -0.05) is 0 Å². The lowest BCUT2D eigenvalue weighted by Crippen LogP contribution is -2.51. The summed E-state index contributed by atoms with van der Waals surface area (Å²) in [6.07, 6.45) is 1.68. The van der Waals surface area contributed by atoms with Crippen molar-refractivity contribution in [2.75, 3.05) is 13.1 Å². The van der Waals surface area contributed by atoms with Gasteiger partial charge in [0, 0.05) is 19.1 Å². The molecular formula is C9H16N4O2. The van der Waals surface area contributed by atoms with Crippen LogP contribution in [-0.4, -0.2) is 42.0 Å². The molecule has 2 aliphatic rings. The van der Waals surface area contributed by atoms with Crippen LogP contribution in [0.4, 0.5) is 4.79 Å². The Morgan fingerprint density at radius 3 is 2.67 bits per heavy atom. The van der Waals surface area contributed by atoms with Gasteiger partial charge < -0.3 is 21.7 Å². The third-order valence-electron chi connectivity index (χ3n) is 3.36. The Labute approximate surface area is 88.0 Å². The summed E-state index contributed by atoms with van der Waals surface area (Å²) in [5, 5.41) is 3.15. The minimum absolute atomic E-state index is 0.170. The number of nitrogens with one attached hydrogen (secondary N) is 1. The van der Waals surface area contributed by atoms with Crippen LogP contribution in [-0.2, 0) is 4.79 Å². The molecule has 0 aromatic rings. The third-order valence-corrected chi connectivity index (χ3v) is 3.36. The highest BCUT2D eigenvalue weighted by Gasteiger charge is 2.40. The fraction of sp³-hybridized carbons (Fsp3) is 0.778. The van der Waals surface area contributed by atoms with Crippen LogP contribution in [0, 0.1) is 5.92 Å². The van der Waals surface area contributed by atoms with E-state index >= 15 is 0 Å². The number of nitrogens with zero attached hydrogens (tertiary/aromatic N) is 1. The van der Waals surface area contributed by atoms with Crippen molar-refractivity contribution >= 4 is 11.9 Å². The summed E-state index contributed by atoms with van der Waals surface area (Å²) >= 11 is 0. The number of carbonyl (C=O) groups excluding carboxylic acids is 2. The summed E-state index contributed by atoms with van der Waals surface area (Å²) in [6, 6.07) is -0.464. The lowest BCUT2D eigenvalue weighted by atomic mass is 9.91. The minimum Gasteiger partial charge on any atom is -0.368 e. The van der Waals surface area contributed by atoms with Gasteiger partial charge in [0.2, 0.25) is 5.91 Å². The molecule has 2 saturated heterocycles. The maximum atomic E-state index is 11.0. The largest absolute Gasteiger partial charge is 0.368 e. The van der Waals surface area contributed by atoms with Crippen molar-refractivity contribution in [3.05, 3.63) is 0 Å². The molecule has 2 rings (SSSR count). The van der Waals surface area contributed by atoms with Crippen molar-refractivity contribution in [1.82, 2.24) is 10.2 Å². The Kier molecular flexibility index (Phi) is 2.52. The summed E-state index contributed by atoms with van der Waals surface area (Å²) in [5.41, 5.74) is 10.5. The molecule has 0 bridgehead atoms. The maximum Gasteiger partial charge on any atom is 0.314 e. The molecule has 0 spiro atoms. The molecule has 2 heterocycles. The molecule has 5 N–H and O–H groups in total. The Morgan fingerprint density at radius 1 is 1.33 bits per heavy atom. The first-order chi connectivity index (χ1) is 7.08. The van der Waals surface area contributed by atoms with Crippen LogP contribution in [0.15, 0.2) is 0 Å². The van der Waals surface area contributed by atoms with Crippen LogP contribution < -0.4 is 16.8 Å². The van der Waals surface area contributed by atoms with Gasteiger partial charge >= 0.3 is 6.03 Å². The number of likely N-dealkylation sites (tertiary alicyclic amines) is 1. The van der Waals surface area contributed by atoms with E-state index in [2.05, 4.69) is 5.32 Å². The van der Waals surface area contributed by atoms with Crippen LogP contribution in [0.25, 0.3) is 0 Å². The fourth-order valence-corrected chi connectivity index (χ4v) is 2.50. The maximum absolute atomic E-state index is 11.0. The summed E-state index contributed by atoms with van der Waals surface area (Å²) in [5.74, 6) is 0.133. The Balaban J connectivity index is 1.98. The molecule has 2 fully saturated rings. The average molecular weight is 212 g/mol. The highest BCUT2D eigenvalue weighted by Crippen LogP contribution is 2.28. The number of rotatable bonds is 1. The first-order valence-corrected chi connectivity index (χ1v) is 5.17. The molecule has 6 nitrogen and oxygen atoms in total. The number of carbonyl (C=O) groups is 2. The SMILES string of the molecule is NC(=O)C1CC2CCN(C(N)=O)CC2N1. The van der Waals surface area contributed by atoms with Crippen LogP contribution >= 0.6 is 0 Å². The van der Waals surface area contributed by atoms with Crippen LogP contribution in [0.1, 0.15) is 12.8 Å². The molecule has 3 amide bonds. The third kappa shape index (κ3) is 1.90. The standard InChI is InChI=1S/C9H16N4O2/c10-8(14)6-3-5-1-2-13(9(11)15)4-7(5)12-6/h5-7,12H,1-4H2,(H2,10,14)(H2,11,15). The van der Waals surface area contributed by atoms with Gasteiger partial charge in [0.05, 0.1) is 6.04 Å². The monoisotopic (exact) mass is 212 g/mol. The first kappa shape index (κ1) is 10.2. The van der Waals surface area contributed by atoms with E-state index in [4.69, 9.17) is 11.5 Å². The smallest absolute Gasteiger partial charge is 0.314 e. The zero-order valence-electron chi connectivity index (χ0n) is 8.48. The molecule has 2 aliphatic heterocycles. The van der Waals surface area contributed by atoms with E-state index in [0.717, 1.165) is 12.8 Å². The van der Waals surface area contributed by atoms with Gasteiger partial charge in [-0.15, -0.1) is 0 Å². The molecule has 3 atom stereocenters. The van der Waals surface area contributed by atoms with E-state index < -0.39 is 6.03 Å². The Morgan fingerprint density at radius 2 is 2.07 bits per heavy atom. The number of hydrogen-bond acceptors (Lipinski definition) is 3. The predicted octanol–water partition coefficient (Wildman–Crippen LogP) is -1.40. The number of urea groups is 1. The first-order valence-electron chi connectivity index (χ1n) is 5.17. The number of piperidine rings is 1. The second-order valence-electron chi connectivity index (χ2n) is 4.30. The summed E-state index contributed by atoms with van der Waals surface area (Å²) in [4.78, 5) is 23.6. The predicted molar refractivity (Wildman–Crippen MR) is 53.8 cm³/mol. The highest BCUT2D eigenvalue weighted by molar-refractivity contribution is 5.80. The lowest BCUT2D eigenvalue weighted by Gasteiger charge is -2.33. The van der Waals surface area contributed by atoms with E-state index in [9.17, 15) is 9.59 Å². The fourth-order valence-electron chi connectivity index (χ4n) is 2.50. The second-order valence-corrected chi connectivity index (χ2v) is 4.30. The van der Waals surface area contributed by atoms with Crippen molar-refractivity contribution in [2.45, 2.75) is 24.9 Å². The Hall–Kier alpha value is -1.30. The molecule has 15 heavy (non-hydrogen) atoms. The number of amides is 3. The van der Waals surface area contributed by atoms with Crippen LogP contribution in [0.3, 0.4) is 0 Å². The highest BCUT2D eigenvalue weighted by atomic mass is 16.2. The molecule has 84 valence electrons. The second kappa shape index (κ2) is 3.69. The number of primary amides is 2. The molecular weight excluding hydrogens is 196 g/mol. The number of nitrogens with two attached hydrogens (primary N) is 2. The van der Waals surface area contributed by atoms with Crippen molar-refractivity contribution in [3.63, 3.8) is 0 Å². The quantitative estimate of drug-likeness (QED) is 0.498. The average Bonchev–Trinajstić information content (AvgIpc) is 2.59. The van der Waals surface area contributed by atoms with Gasteiger partial charge in [-0.2, -0.15) is 0 Å². The normalized spacial score (nSPS) is 34.9. The van der Waals surface area contributed by atoms with E-state index in [-0.39, 0.29) is 18.0 Å². The number of hydrogen-bond donors (Lipinski definition) is 3. The molecule has 0 aliphatic carbocycles. The van der Waals surface area contributed by atoms with Gasteiger partial charge in [-0.3, -0.25) is 4.79 Å². The molecule has 0 aromatic heterocycles. The van der Waals surface area contributed by atoms with E-state index in [1.807, 2.05) is 0 Å². The van der Waals surface area contributed by atoms with Gasteiger partial charge in [0.25, 0.3) is 0 Å². The molecule has 0 saturated carbocycles. The van der Waals surface area contributed by atoms with Crippen molar-refractivity contribution < 1.29 is 9.59 Å². The van der Waals surface area contributed by atoms with Gasteiger partial charge in [-0.25, -0.2) is 4.79 Å². The van der Waals surface area contributed by atoms with E-state index in [1.54, 1.807) is 4.90 Å². The van der Waals surface area contributed by atoms with Crippen molar-refractivity contribution in [2.24, 2.45) is 17.4 Å². The lowest BCUT2D eigenvalue weighted by molar-refractivity contribution is -0.119. The zero-order valence-corrected chi connectivity index (χ0v) is 8.48. The van der Waals surface area contributed by atoms with Gasteiger partial charge in [0.1, 0.15) is 0 Å². The van der Waals surface area contributed by atoms with E-state index in [0.29, 0.717) is 19.0 Å². The molecule has 0 aromatic carbocycles. The molecule has 0 radical (unpaired) electrons. The van der Waals surface area contributed by atoms with Crippen molar-refractivity contribution in [1.29, 1.82) is 0 Å². The number of fused-ring (bicyclic) bond motifs is 1. The van der Waals surface area contributed by atoms with E-state index in [1.165, 1.54) is 0 Å². The van der Waals surface area contributed by atoms with Crippen LogP contribution in [0.5, 0.6) is 0 Å². The van der Waals surface area contributed by atoms with Crippen molar-refractivity contribution in [3.8, 4) is 0 Å². The molecule has 3 unspecified atom stereocenters. The zero-order chi connectivity index (χ0) is 11.0. The van der Waals surface area contributed by atoms with Gasteiger partial charge in [0.15, 0.2) is 0 Å². The Bertz CT molecular complexity index is 282. The molecule has 6 heteroatoms. The summed E-state index contributed by atoms with van der Waals surface area (Å²) < 4.78 is 0.